The van der Waals surface area contributed by atoms with Crippen molar-refractivity contribution >= 4 is 11.9 Å². The van der Waals surface area contributed by atoms with Crippen LogP contribution in [0.25, 0.3) is 0 Å². The first-order chi connectivity index (χ1) is 8.60. The van der Waals surface area contributed by atoms with E-state index in [-0.39, 0.29) is 12.3 Å². The van der Waals surface area contributed by atoms with Gasteiger partial charge in [-0.2, -0.15) is 0 Å². The molecule has 5 nitrogen and oxygen atoms in total. The van der Waals surface area contributed by atoms with E-state index in [2.05, 4.69) is 5.32 Å². The van der Waals surface area contributed by atoms with Gasteiger partial charge in [0, 0.05) is 26.7 Å². The molecule has 0 radical (unpaired) electrons. The molecule has 0 saturated heterocycles. The normalized spacial score (nSPS) is 17.6. The van der Waals surface area contributed by atoms with Gasteiger partial charge in [-0.25, -0.2) is 0 Å². The first kappa shape index (κ1) is 15.0. The highest BCUT2D eigenvalue weighted by atomic mass is 16.5. The zero-order chi connectivity index (χ0) is 13.4. The molecule has 2 N–H and O–H groups in total. The van der Waals surface area contributed by atoms with Crippen LogP contribution in [0, 0.1) is 5.41 Å². The van der Waals surface area contributed by atoms with Gasteiger partial charge in [-0.05, 0) is 25.7 Å². The first-order valence-corrected chi connectivity index (χ1v) is 6.60. The number of rotatable bonds is 8. The highest BCUT2D eigenvalue weighted by molar-refractivity contribution is 5.85. The van der Waals surface area contributed by atoms with E-state index in [9.17, 15) is 14.7 Å². The van der Waals surface area contributed by atoms with E-state index in [1.807, 2.05) is 0 Å². The highest BCUT2D eigenvalue weighted by Gasteiger charge is 2.42. The van der Waals surface area contributed by atoms with Gasteiger partial charge in [-0.3, -0.25) is 9.59 Å². The quantitative estimate of drug-likeness (QED) is 0.647. The second kappa shape index (κ2) is 7.36. The second-order valence-corrected chi connectivity index (χ2v) is 5.02. The molecule has 0 bridgehead atoms. The van der Waals surface area contributed by atoms with Crippen LogP contribution in [-0.2, 0) is 14.3 Å². The van der Waals surface area contributed by atoms with Gasteiger partial charge in [-0.15, -0.1) is 0 Å². The van der Waals surface area contributed by atoms with Crippen molar-refractivity contribution in [3.63, 3.8) is 0 Å². The number of carboxylic acids is 1. The summed E-state index contributed by atoms with van der Waals surface area (Å²) in [5.74, 6) is -0.966. The number of hydrogen-bond acceptors (Lipinski definition) is 3. The lowest BCUT2D eigenvalue weighted by Gasteiger charge is -2.22. The molecule has 0 aromatic carbocycles. The molecule has 0 spiro atoms. The van der Waals surface area contributed by atoms with Crippen LogP contribution in [0.15, 0.2) is 0 Å². The summed E-state index contributed by atoms with van der Waals surface area (Å²) in [6.45, 7) is 1.28. The lowest BCUT2D eigenvalue weighted by Crippen LogP contribution is -2.36. The molecule has 104 valence electrons. The summed E-state index contributed by atoms with van der Waals surface area (Å²) in [6, 6.07) is 0. The molecule has 0 aliphatic heterocycles. The molecule has 0 heterocycles. The van der Waals surface area contributed by atoms with Gasteiger partial charge < -0.3 is 15.2 Å². The van der Waals surface area contributed by atoms with Crippen molar-refractivity contribution in [3.8, 4) is 0 Å². The van der Waals surface area contributed by atoms with Crippen LogP contribution >= 0.6 is 0 Å². The summed E-state index contributed by atoms with van der Waals surface area (Å²) in [5, 5.41) is 12.0. The Morgan fingerprint density at radius 2 is 1.94 bits per heavy atom. The molecule has 1 aliphatic carbocycles. The molecule has 0 aromatic rings. The van der Waals surface area contributed by atoms with E-state index in [0.29, 0.717) is 26.0 Å². The van der Waals surface area contributed by atoms with Gasteiger partial charge in [0.25, 0.3) is 0 Å². The lowest BCUT2D eigenvalue weighted by atomic mass is 9.82. The van der Waals surface area contributed by atoms with E-state index in [1.165, 1.54) is 0 Å². The van der Waals surface area contributed by atoms with Crippen molar-refractivity contribution in [1.82, 2.24) is 5.32 Å². The van der Waals surface area contributed by atoms with Gasteiger partial charge in [0.1, 0.15) is 0 Å². The summed E-state index contributed by atoms with van der Waals surface area (Å²) >= 11 is 0. The average molecular weight is 257 g/mol. The fourth-order valence-corrected chi connectivity index (χ4v) is 2.49. The third-order valence-corrected chi connectivity index (χ3v) is 3.61. The third kappa shape index (κ3) is 4.29. The second-order valence-electron chi connectivity index (χ2n) is 5.02. The Kier molecular flexibility index (Phi) is 6.12. The summed E-state index contributed by atoms with van der Waals surface area (Å²) in [7, 11) is 1.65. The SMILES string of the molecule is COCCCCNC(=O)CC1(C(=O)O)CCCC1. The molecule has 1 saturated carbocycles. The third-order valence-electron chi connectivity index (χ3n) is 3.61. The van der Waals surface area contributed by atoms with Crippen LogP contribution in [-0.4, -0.2) is 37.2 Å². The van der Waals surface area contributed by atoms with Crippen LogP contribution in [0.3, 0.4) is 0 Å². The number of amides is 1. The summed E-state index contributed by atoms with van der Waals surface area (Å²) in [5.41, 5.74) is -0.809. The Morgan fingerprint density at radius 1 is 1.28 bits per heavy atom. The predicted molar refractivity (Wildman–Crippen MR) is 67.3 cm³/mol. The van der Waals surface area contributed by atoms with Crippen molar-refractivity contribution in [3.05, 3.63) is 0 Å². The molecule has 1 fully saturated rings. The van der Waals surface area contributed by atoms with Crippen LogP contribution in [0.5, 0.6) is 0 Å². The molecule has 1 aliphatic rings. The van der Waals surface area contributed by atoms with Crippen molar-refractivity contribution in [2.75, 3.05) is 20.3 Å². The van der Waals surface area contributed by atoms with Crippen LogP contribution in [0.2, 0.25) is 0 Å². The maximum absolute atomic E-state index is 11.7. The minimum absolute atomic E-state index is 0.118. The highest BCUT2D eigenvalue weighted by Crippen LogP contribution is 2.41. The fourth-order valence-electron chi connectivity index (χ4n) is 2.49. The van der Waals surface area contributed by atoms with Gasteiger partial charge in [0.15, 0.2) is 0 Å². The molecule has 0 unspecified atom stereocenters. The molecule has 18 heavy (non-hydrogen) atoms. The number of nitrogens with one attached hydrogen (secondary N) is 1. The van der Waals surface area contributed by atoms with E-state index < -0.39 is 11.4 Å². The maximum atomic E-state index is 11.7. The minimum atomic E-state index is -0.825. The summed E-state index contributed by atoms with van der Waals surface area (Å²) < 4.78 is 4.91. The van der Waals surface area contributed by atoms with Gasteiger partial charge in [0.2, 0.25) is 5.91 Å². The predicted octanol–water partition coefficient (Wildman–Crippen LogP) is 1.56. The number of aliphatic carboxylic acids is 1. The van der Waals surface area contributed by atoms with E-state index in [0.717, 1.165) is 25.7 Å². The number of carbonyl (C=O) groups is 2. The Balaban J connectivity index is 2.27. The molecule has 1 amide bonds. The van der Waals surface area contributed by atoms with Gasteiger partial charge in [0.05, 0.1) is 5.41 Å². The molecular formula is C13H23NO4. The van der Waals surface area contributed by atoms with E-state index >= 15 is 0 Å². The van der Waals surface area contributed by atoms with Crippen LogP contribution in [0.1, 0.15) is 44.9 Å². The number of hydrogen-bond donors (Lipinski definition) is 2. The smallest absolute Gasteiger partial charge is 0.310 e. The Hall–Kier alpha value is -1.10. The molecular weight excluding hydrogens is 234 g/mol. The van der Waals surface area contributed by atoms with Crippen LogP contribution < -0.4 is 5.32 Å². The number of ether oxygens (including phenoxy) is 1. The van der Waals surface area contributed by atoms with Crippen LogP contribution in [0.4, 0.5) is 0 Å². The maximum Gasteiger partial charge on any atom is 0.310 e. The van der Waals surface area contributed by atoms with Crippen molar-refractivity contribution in [1.29, 1.82) is 0 Å². The Morgan fingerprint density at radius 3 is 2.50 bits per heavy atom. The van der Waals surface area contributed by atoms with E-state index in [4.69, 9.17) is 4.74 Å². The van der Waals surface area contributed by atoms with Gasteiger partial charge in [-0.1, -0.05) is 12.8 Å². The largest absolute Gasteiger partial charge is 0.481 e. The van der Waals surface area contributed by atoms with Crippen molar-refractivity contribution in [2.24, 2.45) is 5.41 Å². The number of methoxy groups -OCH3 is 1. The lowest BCUT2D eigenvalue weighted by molar-refractivity contribution is -0.151. The number of carboxylic acid groups (broad SMARTS) is 1. The summed E-state index contributed by atoms with van der Waals surface area (Å²) in [6.07, 6.45) is 4.95. The van der Waals surface area contributed by atoms with Crippen molar-refractivity contribution in [2.45, 2.75) is 44.9 Å². The average Bonchev–Trinajstić information content (AvgIpc) is 2.78. The topological polar surface area (TPSA) is 75.6 Å². The fraction of sp³-hybridized carbons (Fsp3) is 0.846. The molecule has 0 atom stereocenters. The molecule has 1 rings (SSSR count). The van der Waals surface area contributed by atoms with Gasteiger partial charge >= 0.3 is 5.97 Å². The minimum Gasteiger partial charge on any atom is -0.481 e. The number of unbranched alkanes of at least 4 members (excludes halogenated alkanes) is 1. The Bertz CT molecular complexity index is 285. The molecule has 0 aromatic heterocycles. The Labute approximate surface area is 108 Å². The first-order valence-electron chi connectivity index (χ1n) is 6.60. The van der Waals surface area contributed by atoms with E-state index in [1.54, 1.807) is 7.11 Å². The summed E-state index contributed by atoms with van der Waals surface area (Å²) in [4.78, 5) is 23.0. The van der Waals surface area contributed by atoms with Crippen molar-refractivity contribution < 1.29 is 19.4 Å². The zero-order valence-corrected chi connectivity index (χ0v) is 11.0. The monoisotopic (exact) mass is 257 g/mol. The molecule has 5 heteroatoms. The standard InChI is InChI=1S/C13H23NO4/c1-18-9-5-4-8-14-11(15)10-13(12(16)17)6-2-3-7-13/h2-10H2,1H3,(H,14,15)(H,16,17). The zero-order valence-electron chi connectivity index (χ0n) is 11.0. The number of carbonyl (C=O) groups excluding carboxylic acids is 1.